The van der Waals surface area contributed by atoms with Gasteiger partial charge in [0, 0.05) is 25.7 Å². The summed E-state index contributed by atoms with van der Waals surface area (Å²) in [5.74, 6) is 0.448. The van der Waals surface area contributed by atoms with E-state index in [0.29, 0.717) is 17.9 Å². The van der Waals surface area contributed by atoms with Crippen molar-refractivity contribution >= 4 is 15.9 Å². The minimum atomic E-state index is -3.75. The molecule has 0 aromatic heterocycles. The van der Waals surface area contributed by atoms with E-state index in [4.69, 9.17) is 4.74 Å². The number of nitrogens with zero attached hydrogens (tertiary/aromatic N) is 1. The molecular weight excluding hydrogens is 400 g/mol. The minimum Gasteiger partial charge on any atom is -0.497 e. The molecule has 0 heterocycles. The number of benzene rings is 3. The Kier molecular flexibility index (Phi) is 6.87. The molecular formula is C23H24N2O4S. The summed E-state index contributed by atoms with van der Waals surface area (Å²) in [5.41, 5.74) is 2.08. The van der Waals surface area contributed by atoms with Crippen molar-refractivity contribution in [1.29, 1.82) is 0 Å². The van der Waals surface area contributed by atoms with Crippen molar-refractivity contribution in [2.75, 3.05) is 14.2 Å². The second kappa shape index (κ2) is 9.56. The predicted molar refractivity (Wildman–Crippen MR) is 116 cm³/mol. The third-order valence-electron chi connectivity index (χ3n) is 4.60. The highest BCUT2D eigenvalue weighted by molar-refractivity contribution is 7.89. The van der Waals surface area contributed by atoms with Gasteiger partial charge in [-0.2, -0.15) is 0 Å². The summed E-state index contributed by atoms with van der Waals surface area (Å²) in [6, 6.07) is 22.8. The average Bonchev–Trinajstić information content (AvgIpc) is 2.78. The van der Waals surface area contributed by atoms with E-state index >= 15 is 0 Å². The van der Waals surface area contributed by atoms with Crippen molar-refractivity contribution in [3.8, 4) is 5.75 Å². The number of nitrogens with one attached hydrogen (secondary N) is 1. The Morgan fingerprint density at radius 1 is 0.933 bits per heavy atom. The van der Waals surface area contributed by atoms with Gasteiger partial charge >= 0.3 is 0 Å². The molecule has 0 aliphatic heterocycles. The van der Waals surface area contributed by atoms with Crippen LogP contribution in [0.4, 0.5) is 0 Å². The lowest BCUT2D eigenvalue weighted by Gasteiger charge is -2.18. The summed E-state index contributed by atoms with van der Waals surface area (Å²) in [7, 11) is -0.479. The van der Waals surface area contributed by atoms with E-state index in [9.17, 15) is 13.2 Å². The molecule has 0 bridgehead atoms. The van der Waals surface area contributed by atoms with Gasteiger partial charge < -0.3 is 9.64 Å². The molecule has 0 unspecified atom stereocenters. The van der Waals surface area contributed by atoms with E-state index in [1.807, 2.05) is 54.6 Å². The normalized spacial score (nSPS) is 11.1. The second-order valence-corrected chi connectivity index (χ2v) is 8.62. The Hall–Kier alpha value is -3.16. The maximum absolute atomic E-state index is 12.8. The van der Waals surface area contributed by atoms with Gasteiger partial charge in [-0.3, -0.25) is 4.79 Å². The Bertz CT molecular complexity index is 1110. The van der Waals surface area contributed by atoms with Crippen LogP contribution in [0.5, 0.6) is 5.75 Å². The predicted octanol–water partition coefficient (Wildman–Crippen LogP) is 3.45. The van der Waals surface area contributed by atoms with Gasteiger partial charge in [0.15, 0.2) is 0 Å². The molecule has 3 aromatic rings. The van der Waals surface area contributed by atoms with E-state index in [2.05, 4.69) is 4.72 Å². The van der Waals surface area contributed by atoms with Gasteiger partial charge in [-0.05, 0) is 41.5 Å². The van der Waals surface area contributed by atoms with Crippen molar-refractivity contribution in [2.24, 2.45) is 0 Å². The summed E-state index contributed by atoms with van der Waals surface area (Å²) >= 11 is 0. The molecule has 0 aliphatic rings. The summed E-state index contributed by atoms with van der Waals surface area (Å²) in [4.78, 5) is 14.4. The van der Waals surface area contributed by atoms with Crippen molar-refractivity contribution in [3.05, 3.63) is 95.6 Å². The number of rotatable bonds is 8. The van der Waals surface area contributed by atoms with Crippen LogP contribution in [-0.2, 0) is 23.1 Å². The third kappa shape index (κ3) is 5.46. The van der Waals surface area contributed by atoms with E-state index in [0.717, 1.165) is 11.1 Å². The SMILES string of the molecule is COc1cccc(CN(C)C(=O)c2cccc(S(=O)(=O)NCc3ccccc3)c2)c1. The maximum atomic E-state index is 12.8. The third-order valence-corrected chi connectivity index (χ3v) is 6.00. The van der Waals surface area contributed by atoms with E-state index in [1.54, 1.807) is 26.3 Å². The molecule has 0 fully saturated rings. The fourth-order valence-electron chi connectivity index (χ4n) is 2.99. The van der Waals surface area contributed by atoms with Gasteiger partial charge in [0.05, 0.1) is 12.0 Å². The van der Waals surface area contributed by atoms with Crippen LogP contribution >= 0.6 is 0 Å². The molecule has 6 nitrogen and oxygen atoms in total. The highest BCUT2D eigenvalue weighted by atomic mass is 32.2. The van der Waals surface area contributed by atoms with Gasteiger partial charge in [-0.15, -0.1) is 0 Å². The van der Waals surface area contributed by atoms with Crippen molar-refractivity contribution in [3.63, 3.8) is 0 Å². The lowest BCUT2D eigenvalue weighted by molar-refractivity contribution is 0.0784. The van der Waals surface area contributed by atoms with Crippen LogP contribution in [0.2, 0.25) is 0 Å². The maximum Gasteiger partial charge on any atom is 0.253 e. The van der Waals surface area contributed by atoms with Crippen LogP contribution in [0, 0.1) is 0 Å². The molecule has 3 rings (SSSR count). The second-order valence-electron chi connectivity index (χ2n) is 6.85. The summed E-state index contributed by atoms with van der Waals surface area (Å²) in [6.07, 6.45) is 0. The molecule has 3 aromatic carbocycles. The largest absolute Gasteiger partial charge is 0.497 e. The topological polar surface area (TPSA) is 75.7 Å². The van der Waals surface area contributed by atoms with Crippen molar-refractivity contribution in [2.45, 2.75) is 18.0 Å². The van der Waals surface area contributed by atoms with Gasteiger partial charge in [0.25, 0.3) is 5.91 Å². The van der Waals surface area contributed by atoms with Crippen LogP contribution in [0.3, 0.4) is 0 Å². The van der Waals surface area contributed by atoms with Gasteiger partial charge in [-0.1, -0.05) is 48.5 Å². The molecule has 1 amide bonds. The van der Waals surface area contributed by atoms with E-state index < -0.39 is 10.0 Å². The molecule has 156 valence electrons. The zero-order valence-corrected chi connectivity index (χ0v) is 17.7. The van der Waals surface area contributed by atoms with Gasteiger partial charge in [-0.25, -0.2) is 13.1 Å². The Balaban J connectivity index is 1.72. The lowest BCUT2D eigenvalue weighted by Crippen LogP contribution is -2.27. The van der Waals surface area contributed by atoms with Gasteiger partial charge in [0.1, 0.15) is 5.75 Å². The zero-order valence-electron chi connectivity index (χ0n) is 16.9. The fourth-order valence-corrected chi connectivity index (χ4v) is 4.05. The van der Waals surface area contributed by atoms with Gasteiger partial charge in [0.2, 0.25) is 10.0 Å². The quantitative estimate of drug-likeness (QED) is 0.601. The van der Waals surface area contributed by atoms with E-state index in [-0.39, 0.29) is 17.3 Å². The molecule has 7 heteroatoms. The van der Waals surface area contributed by atoms with Crippen LogP contribution in [-0.4, -0.2) is 33.4 Å². The van der Waals surface area contributed by atoms with Crippen molar-refractivity contribution < 1.29 is 17.9 Å². The molecule has 0 saturated heterocycles. The Labute approximate surface area is 177 Å². The first-order valence-corrected chi connectivity index (χ1v) is 10.9. The number of ether oxygens (including phenoxy) is 1. The van der Waals surface area contributed by atoms with Crippen molar-refractivity contribution in [1.82, 2.24) is 9.62 Å². The smallest absolute Gasteiger partial charge is 0.253 e. The molecule has 0 atom stereocenters. The molecule has 0 spiro atoms. The van der Waals surface area contributed by atoms with Crippen LogP contribution in [0.15, 0.2) is 83.8 Å². The number of hydrogen-bond acceptors (Lipinski definition) is 4. The number of sulfonamides is 1. The number of amides is 1. The Morgan fingerprint density at radius 3 is 2.37 bits per heavy atom. The molecule has 0 radical (unpaired) electrons. The molecule has 30 heavy (non-hydrogen) atoms. The van der Waals surface area contributed by atoms with Crippen LogP contribution in [0.25, 0.3) is 0 Å². The first-order valence-electron chi connectivity index (χ1n) is 9.41. The van der Waals surface area contributed by atoms with Crippen LogP contribution in [0.1, 0.15) is 21.5 Å². The fraction of sp³-hybridized carbons (Fsp3) is 0.174. The molecule has 0 saturated carbocycles. The first kappa shape index (κ1) is 21.5. The molecule has 0 aliphatic carbocycles. The van der Waals surface area contributed by atoms with Crippen LogP contribution < -0.4 is 9.46 Å². The number of carbonyl (C=O) groups is 1. The monoisotopic (exact) mass is 424 g/mol. The first-order chi connectivity index (χ1) is 14.4. The number of carbonyl (C=O) groups excluding carboxylic acids is 1. The number of methoxy groups -OCH3 is 1. The average molecular weight is 425 g/mol. The summed E-state index contributed by atoms with van der Waals surface area (Å²) < 4.78 is 33.1. The Morgan fingerprint density at radius 2 is 1.63 bits per heavy atom. The standard InChI is InChI=1S/C23H24N2O4S/c1-25(17-19-10-6-12-21(14-19)29-2)23(26)20-11-7-13-22(15-20)30(27,28)24-16-18-8-4-3-5-9-18/h3-15,24H,16-17H2,1-2H3. The van der Waals surface area contributed by atoms with E-state index in [1.165, 1.54) is 17.0 Å². The highest BCUT2D eigenvalue weighted by Gasteiger charge is 2.18. The molecule has 1 N–H and O–H groups in total. The lowest BCUT2D eigenvalue weighted by atomic mass is 10.1. The highest BCUT2D eigenvalue weighted by Crippen LogP contribution is 2.17. The number of hydrogen-bond donors (Lipinski definition) is 1. The summed E-state index contributed by atoms with van der Waals surface area (Å²) in [5, 5.41) is 0. The zero-order chi connectivity index (χ0) is 21.6. The minimum absolute atomic E-state index is 0.0547. The summed E-state index contributed by atoms with van der Waals surface area (Å²) in [6.45, 7) is 0.552.